The zero-order valence-corrected chi connectivity index (χ0v) is 13.7. The normalized spacial score (nSPS) is 17.4. The minimum absolute atomic E-state index is 0.0732. The molecule has 3 N–H and O–H groups in total. The fourth-order valence-electron chi connectivity index (χ4n) is 2.85. The Morgan fingerprint density at radius 2 is 2.08 bits per heavy atom. The van der Waals surface area contributed by atoms with Crippen LogP contribution in [0.2, 0.25) is 0 Å². The topological polar surface area (TPSA) is 103 Å². The highest BCUT2D eigenvalue weighted by atomic mass is 16.5. The third-order valence-electron chi connectivity index (χ3n) is 4.24. The van der Waals surface area contributed by atoms with Crippen LogP contribution in [-0.2, 0) is 10.3 Å². The molecule has 1 aromatic heterocycles. The largest absolute Gasteiger partial charge is 0.484 e. The molecule has 1 aromatic carbocycles. The maximum absolute atomic E-state index is 12.0. The van der Waals surface area contributed by atoms with Crippen molar-refractivity contribution in [3.05, 3.63) is 42.0 Å². The van der Waals surface area contributed by atoms with Crippen molar-refractivity contribution >= 4 is 5.91 Å². The van der Waals surface area contributed by atoms with E-state index in [-0.39, 0.29) is 12.5 Å². The number of carbonyl (C=O) groups excluding carboxylic acids is 1. The van der Waals surface area contributed by atoms with Gasteiger partial charge in [0.25, 0.3) is 5.91 Å². The number of aromatic nitrogens is 2. The second-order valence-corrected chi connectivity index (χ2v) is 6.21. The summed E-state index contributed by atoms with van der Waals surface area (Å²) in [7, 11) is 0. The van der Waals surface area contributed by atoms with E-state index in [1.54, 1.807) is 19.1 Å². The number of nitrogens with one attached hydrogen (secondary N) is 1. The SMILES string of the molecule is CC(NC(=O)COc1ccccc1)c1nc(C2(N)CCCC2)no1. The fraction of sp³-hybridized carbons (Fsp3) is 0.471. The summed E-state index contributed by atoms with van der Waals surface area (Å²) in [5.74, 6) is 1.27. The van der Waals surface area contributed by atoms with Gasteiger partial charge in [-0.05, 0) is 31.9 Å². The molecule has 128 valence electrons. The molecule has 1 aliphatic carbocycles. The summed E-state index contributed by atoms with van der Waals surface area (Å²) in [6, 6.07) is 8.77. The summed E-state index contributed by atoms with van der Waals surface area (Å²) in [4.78, 5) is 16.4. The van der Waals surface area contributed by atoms with E-state index in [1.807, 2.05) is 18.2 Å². The first-order valence-corrected chi connectivity index (χ1v) is 8.17. The minimum atomic E-state index is -0.498. The Morgan fingerprint density at radius 3 is 2.79 bits per heavy atom. The van der Waals surface area contributed by atoms with E-state index in [1.165, 1.54) is 0 Å². The van der Waals surface area contributed by atoms with Crippen LogP contribution in [0.1, 0.15) is 50.4 Å². The quantitative estimate of drug-likeness (QED) is 0.840. The second-order valence-electron chi connectivity index (χ2n) is 6.21. The van der Waals surface area contributed by atoms with Crippen LogP contribution in [0.4, 0.5) is 0 Å². The lowest BCUT2D eigenvalue weighted by Gasteiger charge is -2.17. The van der Waals surface area contributed by atoms with E-state index in [9.17, 15) is 4.79 Å². The van der Waals surface area contributed by atoms with Gasteiger partial charge in [0.2, 0.25) is 5.89 Å². The zero-order chi connectivity index (χ0) is 17.0. The standard InChI is InChI=1S/C17H22N4O3/c1-12(19-14(22)11-23-13-7-3-2-4-8-13)15-20-16(21-24-15)17(18)9-5-6-10-17/h2-4,7-8,12H,5-6,9-11,18H2,1H3,(H,19,22). The van der Waals surface area contributed by atoms with Gasteiger partial charge in [-0.25, -0.2) is 0 Å². The lowest BCUT2D eigenvalue weighted by atomic mass is 9.99. The average Bonchev–Trinajstić information content (AvgIpc) is 3.24. The number of carbonyl (C=O) groups is 1. The van der Waals surface area contributed by atoms with Crippen LogP contribution in [0.3, 0.4) is 0 Å². The van der Waals surface area contributed by atoms with E-state index in [4.69, 9.17) is 15.0 Å². The molecular formula is C17H22N4O3. The second kappa shape index (κ2) is 7.00. The molecule has 1 unspecified atom stereocenters. The van der Waals surface area contributed by atoms with Gasteiger partial charge in [-0.15, -0.1) is 0 Å². The highest BCUT2D eigenvalue weighted by Crippen LogP contribution is 2.34. The first kappa shape index (κ1) is 16.4. The molecule has 1 saturated carbocycles. The molecular weight excluding hydrogens is 308 g/mol. The van der Waals surface area contributed by atoms with Gasteiger partial charge in [-0.2, -0.15) is 4.98 Å². The molecule has 1 atom stereocenters. The van der Waals surface area contributed by atoms with E-state index >= 15 is 0 Å². The molecule has 7 nitrogen and oxygen atoms in total. The number of benzene rings is 1. The lowest BCUT2D eigenvalue weighted by molar-refractivity contribution is -0.123. The lowest BCUT2D eigenvalue weighted by Crippen LogP contribution is -2.35. The highest BCUT2D eigenvalue weighted by molar-refractivity contribution is 5.77. The Kier molecular flexibility index (Phi) is 4.80. The monoisotopic (exact) mass is 330 g/mol. The maximum Gasteiger partial charge on any atom is 0.258 e. The van der Waals surface area contributed by atoms with Crippen LogP contribution in [0.25, 0.3) is 0 Å². The van der Waals surface area contributed by atoms with Crippen LogP contribution in [0, 0.1) is 0 Å². The summed E-state index contributed by atoms with van der Waals surface area (Å²) in [5, 5.41) is 6.78. The molecule has 0 spiro atoms. The molecule has 2 aromatic rings. The number of hydrogen-bond donors (Lipinski definition) is 2. The van der Waals surface area contributed by atoms with E-state index in [0.29, 0.717) is 17.5 Å². The number of rotatable bonds is 6. The molecule has 0 aliphatic heterocycles. The Hall–Kier alpha value is -2.41. The van der Waals surface area contributed by atoms with Gasteiger partial charge in [0.1, 0.15) is 11.8 Å². The Morgan fingerprint density at radius 1 is 1.38 bits per heavy atom. The maximum atomic E-state index is 12.0. The van der Waals surface area contributed by atoms with Crippen molar-refractivity contribution in [1.29, 1.82) is 0 Å². The number of hydrogen-bond acceptors (Lipinski definition) is 6. The third-order valence-corrected chi connectivity index (χ3v) is 4.24. The number of ether oxygens (including phenoxy) is 1. The van der Waals surface area contributed by atoms with Crippen molar-refractivity contribution in [2.75, 3.05) is 6.61 Å². The average molecular weight is 330 g/mol. The van der Waals surface area contributed by atoms with Crippen molar-refractivity contribution in [3.63, 3.8) is 0 Å². The molecule has 1 fully saturated rings. The number of para-hydroxylation sites is 1. The van der Waals surface area contributed by atoms with Crippen LogP contribution in [0.15, 0.2) is 34.9 Å². The van der Waals surface area contributed by atoms with Gasteiger partial charge in [0, 0.05) is 0 Å². The fourth-order valence-corrected chi connectivity index (χ4v) is 2.85. The molecule has 1 aliphatic rings. The summed E-state index contributed by atoms with van der Waals surface area (Å²) in [5.41, 5.74) is 5.82. The van der Waals surface area contributed by atoms with Gasteiger partial charge in [-0.1, -0.05) is 36.2 Å². The molecule has 1 heterocycles. The van der Waals surface area contributed by atoms with Crippen LogP contribution in [-0.4, -0.2) is 22.7 Å². The van der Waals surface area contributed by atoms with Gasteiger partial charge in [0.05, 0.1) is 5.54 Å². The van der Waals surface area contributed by atoms with Crippen molar-refractivity contribution in [1.82, 2.24) is 15.5 Å². The van der Waals surface area contributed by atoms with Crippen LogP contribution in [0.5, 0.6) is 5.75 Å². The first-order chi connectivity index (χ1) is 11.6. The minimum Gasteiger partial charge on any atom is -0.484 e. The number of nitrogens with two attached hydrogens (primary N) is 1. The summed E-state index contributed by atoms with van der Waals surface area (Å²) >= 11 is 0. The Balaban J connectivity index is 1.54. The van der Waals surface area contributed by atoms with Gasteiger partial charge >= 0.3 is 0 Å². The predicted molar refractivity (Wildman–Crippen MR) is 87.1 cm³/mol. The summed E-state index contributed by atoms with van der Waals surface area (Å²) in [6.07, 6.45) is 3.86. The molecule has 3 rings (SSSR count). The van der Waals surface area contributed by atoms with Crippen molar-refractivity contribution in [3.8, 4) is 5.75 Å². The van der Waals surface area contributed by atoms with Crippen LogP contribution >= 0.6 is 0 Å². The third kappa shape index (κ3) is 3.73. The van der Waals surface area contributed by atoms with Gasteiger partial charge < -0.3 is 20.3 Å². The zero-order valence-electron chi connectivity index (χ0n) is 13.7. The predicted octanol–water partition coefficient (Wildman–Crippen LogP) is 2.05. The van der Waals surface area contributed by atoms with Crippen LogP contribution < -0.4 is 15.8 Å². The molecule has 7 heteroatoms. The summed E-state index contributed by atoms with van der Waals surface area (Å²) < 4.78 is 10.7. The Labute approximate surface area is 140 Å². The van der Waals surface area contributed by atoms with Crippen molar-refractivity contribution < 1.29 is 14.1 Å². The van der Waals surface area contributed by atoms with E-state index < -0.39 is 11.6 Å². The molecule has 0 radical (unpaired) electrons. The van der Waals surface area contributed by atoms with E-state index in [2.05, 4.69) is 15.5 Å². The molecule has 24 heavy (non-hydrogen) atoms. The molecule has 1 amide bonds. The first-order valence-electron chi connectivity index (χ1n) is 8.17. The number of amides is 1. The van der Waals surface area contributed by atoms with Gasteiger partial charge in [0.15, 0.2) is 12.4 Å². The van der Waals surface area contributed by atoms with Gasteiger partial charge in [-0.3, -0.25) is 4.79 Å². The number of nitrogens with zero attached hydrogens (tertiary/aromatic N) is 2. The molecule has 0 saturated heterocycles. The molecule has 0 bridgehead atoms. The summed E-state index contributed by atoms with van der Waals surface area (Å²) in [6.45, 7) is 1.71. The van der Waals surface area contributed by atoms with Crippen molar-refractivity contribution in [2.24, 2.45) is 5.73 Å². The Bertz CT molecular complexity index is 680. The van der Waals surface area contributed by atoms with E-state index in [0.717, 1.165) is 25.7 Å². The van der Waals surface area contributed by atoms with Crippen molar-refractivity contribution in [2.45, 2.75) is 44.2 Å². The highest BCUT2D eigenvalue weighted by Gasteiger charge is 2.36. The smallest absolute Gasteiger partial charge is 0.258 e.